The van der Waals surface area contributed by atoms with Gasteiger partial charge in [0.15, 0.2) is 0 Å². The van der Waals surface area contributed by atoms with Crippen LogP contribution in [0.15, 0.2) is 53.5 Å². The molecule has 1 N–H and O–H groups in total. The molecule has 170 valence electrons. The quantitative estimate of drug-likeness (QED) is 0.419. The summed E-state index contributed by atoms with van der Waals surface area (Å²) < 4.78 is 12.5. The number of nitrogens with one attached hydrogen (secondary N) is 1. The van der Waals surface area contributed by atoms with E-state index in [1.165, 1.54) is 6.20 Å². The maximum atomic E-state index is 13.5. The molecule has 0 fully saturated rings. The predicted molar refractivity (Wildman–Crippen MR) is 119 cm³/mol. The molecule has 1 atom stereocenters. The number of pyridine rings is 2. The number of hydrogen-bond acceptors (Lipinski definition) is 8. The second-order valence-corrected chi connectivity index (χ2v) is 8.08. The van der Waals surface area contributed by atoms with E-state index in [1.54, 1.807) is 47.2 Å². The molecule has 1 aliphatic rings. The zero-order valence-corrected chi connectivity index (χ0v) is 18.6. The van der Waals surface area contributed by atoms with Gasteiger partial charge in [-0.15, -0.1) is 10.2 Å². The Hall–Kier alpha value is -4.25. The van der Waals surface area contributed by atoms with Crippen LogP contribution in [0.3, 0.4) is 0 Å². The molecular formula is C22H17ClN8O3. The number of ether oxygens (including phenoxy) is 1. The van der Waals surface area contributed by atoms with Crippen LogP contribution in [-0.2, 0) is 6.42 Å². The van der Waals surface area contributed by atoms with Crippen LogP contribution in [0.5, 0.6) is 5.75 Å². The van der Waals surface area contributed by atoms with Gasteiger partial charge in [0.25, 0.3) is 5.89 Å². The van der Waals surface area contributed by atoms with Crippen LogP contribution in [0, 0.1) is 0 Å². The lowest BCUT2D eigenvalue weighted by Crippen LogP contribution is -2.41. The van der Waals surface area contributed by atoms with E-state index in [4.69, 9.17) is 20.8 Å². The first-order valence-corrected chi connectivity index (χ1v) is 10.8. The molecule has 5 aromatic rings. The highest BCUT2D eigenvalue weighted by Crippen LogP contribution is 2.35. The van der Waals surface area contributed by atoms with Gasteiger partial charge in [-0.25, -0.2) is 14.5 Å². The molecule has 1 aliphatic heterocycles. The lowest BCUT2D eigenvalue weighted by atomic mass is 9.99. The number of hydrogen-bond donors (Lipinski definition) is 1. The summed E-state index contributed by atoms with van der Waals surface area (Å²) in [5, 5.41) is 13.2. The van der Waals surface area contributed by atoms with Crippen molar-refractivity contribution in [2.24, 2.45) is 0 Å². The topological polar surface area (TPSA) is 127 Å². The fourth-order valence-corrected chi connectivity index (χ4v) is 4.31. The van der Waals surface area contributed by atoms with Gasteiger partial charge in [-0.05, 0) is 30.3 Å². The minimum absolute atomic E-state index is 0.138. The van der Waals surface area contributed by atoms with Crippen LogP contribution in [0.2, 0.25) is 5.02 Å². The summed E-state index contributed by atoms with van der Waals surface area (Å²) in [6.07, 6.45) is 5.56. The van der Waals surface area contributed by atoms with Crippen molar-refractivity contribution in [2.75, 3.05) is 13.7 Å². The number of aromatic amines is 1. The second kappa shape index (κ2) is 7.96. The van der Waals surface area contributed by atoms with E-state index in [9.17, 15) is 4.79 Å². The number of aromatic nitrogens is 7. The van der Waals surface area contributed by atoms with Gasteiger partial charge in [0.05, 0.1) is 41.6 Å². The first-order valence-electron chi connectivity index (χ1n) is 10.4. The summed E-state index contributed by atoms with van der Waals surface area (Å²) in [6, 6.07) is 8.32. The summed E-state index contributed by atoms with van der Waals surface area (Å²) in [5.41, 5.74) is 3.47. The number of nitrogens with zero attached hydrogens (tertiary/aromatic N) is 7. The predicted octanol–water partition coefficient (Wildman–Crippen LogP) is 2.95. The molecule has 0 spiro atoms. The number of carbonyl (C=O) groups is 1. The molecule has 1 amide bonds. The van der Waals surface area contributed by atoms with Crippen molar-refractivity contribution in [3.63, 3.8) is 0 Å². The molecule has 0 saturated heterocycles. The van der Waals surface area contributed by atoms with Gasteiger partial charge in [-0.1, -0.05) is 11.6 Å². The van der Waals surface area contributed by atoms with E-state index in [2.05, 4.69) is 30.2 Å². The highest BCUT2D eigenvalue weighted by atomic mass is 35.5. The SMILES string of the molecule is COc1ccc(-c2nnc(C(=O)N3CCc4[nH]cnc4[C@H]3c3cc4c(Cl)cccn4n3)o2)nc1. The van der Waals surface area contributed by atoms with E-state index in [1.807, 2.05) is 12.1 Å². The number of carbonyl (C=O) groups excluding carboxylic acids is 1. The fraction of sp³-hybridized carbons (Fsp3) is 0.182. The molecule has 6 rings (SSSR count). The molecule has 0 unspecified atom stereocenters. The summed E-state index contributed by atoms with van der Waals surface area (Å²) >= 11 is 6.35. The van der Waals surface area contributed by atoms with Crippen LogP contribution >= 0.6 is 11.6 Å². The number of fused-ring (bicyclic) bond motifs is 2. The number of imidazole rings is 1. The number of rotatable bonds is 4. The van der Waals surface area contributed by atoms with Crippen molar-refractivity contribution in [1.82, 2.24) is 39.7 Å². The smallest absolute Gasteiger partial charge is 0.312 e. The zero-order valence-electron chi connectivity index (χ0n) is 17.8. The summed E-state index contributed by atoms with van der Waals surface area (Å²) in [5.74, 6) is 0.171. The lowest BCUT2D eigenvalue weighted by molar-refractivity contribution is 0.0646. The molecule has 5 aromatic heterocycles. The van der Waals surface area contributed by atoms with Gasteiger partial charge in [-0.2, -0.15) is 5.10 Å². The highest BCUT2D eigenvalue weighted by molar-refractivity contribution is 6.33. The van der Waals surface area contributed by atoms with Crippen molar-refractivity contribution in [2.45, 2.75) is 12.5 Å². The molecule has 0 aliphatic carbocycles. The molecule has 0 saturated carbocycles. The van der Waals surface area contributed by atoms with Crippen LogP contribution < -0.4 is 4.74 Å². The van der Waals surface area contributed by atoms with E-state index in [0.29, 0.717) is 35.1 Å². The van der Waals surface area contributed by atoms with Gasteiger partial charge < -0.3 is 19.0 Å². The third-order valence-electron chi connectivity index (χ3n) is 5.73. The zero-order chi connectivity index (χ0) is 23.2. The average Bonchev–Trinajstić information content (AvgIpc) is 3.62. The van der Waals surface area contributed by atoms with Gasteiger partial charge >= 0.3 is 11.8 Å². The highest BCUT2D eigenvalue weighted by Gasteiger charge is 2.38. The average molecular weight is 477 g/mol. The summed E-state index contributed by atoms with van der Waals surface area (Å²) in [4.78, 5) is 27.0. The van der Waals surface area contributed by atoms with Crippen LogP contribution in [-0.4, -0.2) is 59.2 Å². The van der Waals surface area contributed by atoms with E-state index in [-0.39, 0.29) is 11.8 Å². The Balaban J connectivity index is 1.37. The molecule has 11 nitrogen and oxygen atoms in total. The Labute approximate surface area is 197 Å². The Morgan fingerprint density at radius 1 is 1.26 bits per heavy atom. The monoisotopic (exact) mass is 476 g/mol. The van der Waals surface area contributed by atoms with Gasteiger partial charge in [-0.3, -0.25) is 4.79 Å². The van der Waals surface area contributed by atoms with Crippen LogP contribution in [0.1, 0.15) is 33.8 Å². The lowest BCUT2D eigenvalue weighted by Gasteiger charge is -2.32. The summed E-state index contributed by atoms with van der Waals surface area (Å²) in [6.45, 7) is 0.415. The molecule has 12 heteroatoms. The number of halogens is 1. The molecule has 0 radical (unpaired) electrons. The number of methoxy groups -OCH3 is 1. The Morgan fingerprint density at radius 3 is 2.97 bits per heavy atom. The molecular weight excluding hydrogens is 460 g/mol. The Bertz CT molecular complexity index is 1510. The van der Waals surface area contributed by atoms with Gasteiger partial charge in [0, 0.05) is 24.9 Å². The first kappa shape index (κ1) is 20.4. The van der Waals surface area contributed by atoms with Crippen molar-refractivity contribution >= 4 is 23.0 Å². The van der Waals surface area contributed by atoms with Crippen LogP contribution in [0.4, 0.5) is 0 Å². The summed E-state index contributed by atoms with van der Waals surface area (Å²) in [7, 11) is 1.55. The van der Waals surface area contributed by atoms with Gasteiger partial charge in [0.1, 0.15) is 17.5 Å². The van der Waals surface area contributed by atoms with E-state index in [0.717, 1.165) is 16.9 Å². The first-order chi connectivity index (χ1) is 16.6. The number of H-pyrrole nitrogens is 1. The van der Waals surface area contributed by atoms with Crippen molar-refractivity contribution < 1.29 is 13.9 Å². The normalized spacial score (nSPS) is 15.5. The van der Waals surface area contributed by atoms with Crippen molar-refractivity contribution in [3.8, 4) is 17.3 Å². The van der Waals surface area contributed by atoms with E-state index >= 15 is 0 Å². The Morgan fingerprint density at radius 2 is 2.18 bits per heavy atom. The third-order valence-corrected chi connectivity index (χ3v) is 6.05. The fourth-order valence-electron chi connectivity index (χ4n) is 4.09. The Kier molecular flexibility index (Phi) is 4.77. The van der Waals surface area contributed by atoms with Crippen LogP contribution in [0.25, 0.3) is 17.1 Å². The van der Waals surface area contributed by atoms with Crippen molar-refractivity contribution in [3.05, 3.63) is 77.0 Å². The largest absolute Gasteiger partial charge is 0.495 e. The molecule has 0 aromatic carbocycles. The third kappa shape index (κ3) is 3.28. The maximum Gasteiger partial charge on any atom is 0.312 e. The maximum absolute atomic E-state index is 13.5. The van der Waals surface area contributed by atoms with Crippen molar-refractivity contribution in [1.29, 1.82) is 0 Å². The molecule has 0 bridgehead atoms. The minimum Gasteiger partial charge on any atom is -0.495 e. The minimum atomic E-state index is -0.548. The molecule has 34 heavy (non-hydrogen) atoms. The second-order valence-electron chi connectivity index (χ2n) is 7.67. The standard InChI is InChI=1S/C22H17ClN8O3/c1-33-12-4-5-15(24-10-12)20-27-28-21(34-20)22(32)30-8-6-14-18(26-11-25-14)19(30)16-9-17-13(23)3-2-7-31(17)29-16/h2-5,7,9-11,19H,6,8H2,1H3,(H,25,26)/t19-/m1/s1. The molecule has 6 heterocycles. The van der Waals surface area contributed by atoms with Gasteiger partial charge in [0.2, 0.25) is 0 Å². The van der Waals surface area contributed by atoms with E-state index < -0.39 is 11.9 Å². The number of amides is 1.